The summed E-state index contributed by atoms with van der Waals surface area (Å²) in [6.07, 6.45) is 3.52. The van der Waals surface area contributed by atoms with Gasteiger partial charge in [0.1, 0.15) is 0 Å². The van der Waals surface area contributed by atoms with E-state index >= 15 is 0 Å². The van der Waals surface area contributed by atoms with Crippen molar-refractivity contribution >= 4 is 35.8 Å². The lowest BCUT2D eigenvalue weighted by Crippen LogP contribution is -2.39. The van der Waals surface area contributed by atoms with Crippen LogP contribution >= 0.6 is 24.0 Å². The molecule has 1 fully saturated rings. The number of aliphatic imine (C=N–C) groups is 1. The predicted octanol–water partition coefficient (Wildman–Crippen LogP) is 2.29. The summed E-state index contributed by atoms with van der Waals surface area (Å²) in [6, 6.07) is 8.27. The van der Waals surface area contributed by atoms with Crippen LogP contribution in [0.25, 0.3) is 0 Å². The summed E-state index contributed by atoms with van der Waals surface area (Å²) in [5.41, 5.74) is 2.53. The van der Waals surface area contributed by atoms with E-state index in [2.05, 4.69) is 27.8 Å². The monoisotopic (exact) mass is 516 g/mol. The van der Waals surface area contributed by atoms with Crippen LogP contribution in [0.2, 0.25) is 0 Å². The van der Waals surface area contributed by atoms with E-state index in [1.807, 2.05) is 17.0 Å². The maximum absolute atomic E-state index is 12.4. The molecule has 0 aromatic heterocycles. The Morgan fingerprint density at radius 1 is 1.21 bits per heavy atom. The molecule has 29 heavy (non-hydrogen) atoms. The number of halogens is 1. The standard InChI is InChI=1S/C21H32N4O3.HI/c1-22-21(24-11-5-12-28-19-9-13-27-16-19)23-10-4-8-20(26)25-14-17-6-2-3-7-18(17)15-25;/h2-3,6-7,19H,4-5,8-16H2,1H3,(H2,22,23,24);1H. The van der Waals surface area contributed by atoms with E-state index in [0.29, 0.717) is 6.42 Å². The van der Waals surface area contributed by atoms with Crippen molar-refractivity contribution in [1.82, 2.24) is 15.5 Å². The van der Waals surface area contributed by atoms with E-state index in [1.54, 1.807) is 7.05 Å². The van der Waals surface area contributed by atoms with Crippen LogP contribution < -0.4 is 10.6 Å². The Balaban J connectivity index is 0.00000300. The van der Waals surface area contributed by atoms with Gasteiger partial charge in [-0.2, -0.15) is 0 Å². The van der Waals surface area contributed by atoms with Gasteiger partial charge in [-0.15, -0.1) is 24.0 Å². The number of guanidine groups is 1. The molecule has 3 rings (SSSR count). The largest absolute Gasteiger partial charge is 0.379 e. The number of carbonyl (C=O) groups is 1. The molecule has 7 nitrogen and oxygen atoms in total. The first-order chi connectivity index (χ1) is 13.8. The molecule has 0 spiro atoms. The summed E-state index contributed by atoms with van der Waals surface area (Å²) in [7, 11) is 1.76. The number of carbonyl (C=O) groups excluding carboxylic acids is 1. The normalized spacial score (nSPS) is 18.3. The molecule has 1 atom stereocenters. The van der Waals surface area contributed by atoms with Crippen LogP contribution in [0, 0.1) is 0 Å². The molecule has 1 unspecified atom stereocenters. The Hall–Kier alpha value is -1.39. The van der Waals surface area contributed by atoms with Crippen LogP contribution in [0.15, 0.2) is 29.3 Å². The summed E-state index contributed by atoms with van der Waals surface area (Å²) < 4.78 is 11.0. The highest BCUT2D eigenvalue weighted by Gasteiger charge is 2.22. The van der Waals surface area contributed by atoms with Gasteiger partial charge >= 0.3 is 0 Å². The number of fused-ring (bicyclic) bond motifs is 1. The Kier molecular flexibility index (Phi) is 10.7. The topological polar surface area (TPSA) is 75.2 Å². The molecule has 162 valence electrons. The zero-order valence-corrected chi connectivity index (χ0v) is 19.5. The molecule has 1 saturated heterocycles. The minimum absolute atomic E-state index is 0. The second-order valence-electron chi connectivity index (χ2n) is 7.26. The summed E-state index contributed by atoms with van der Waals surface area (Å²) in [5, 5.41) is 6.55. The molecule has 0 radical (unpaired) electrons. The van der Waals surface area contributed by atoms with E-state index < -0.39 is 0 Å². The van der Waals surface area contributed by atoms with Crippen LogP contribution in [0.3, 0.4) is 0 Å². The molecule has 2 aliphatic rings. The molecular formula is C21H33IN4O3. The van der Waals surface area contributed by atoms with Crippen molar-refractivity contribution in [3.05, 3.63) is 35.4 Å². The fourth-order valence-corrected chi connectivity index (χ4v) is 3.51. The van der Waals surface area contributed by atoms with Gasteiger partial charge < -0.3 is 25.0 Å². The van der Waals surface area contributed by atoms with Crippen molar-refractivity contribution in [2.45, 2.75) is 44.9 Å². The van der Waals surface area contributed by atoms with Gasteiger partial charge in [0.2, 0.25) is 5.91 Å². The molecule has 1 aromatic rings. The molecule has 0 aliphatic carbocycles. The number of amides is 1. The minimum Gasteiger partial charge on any atom is -0.379 e. The number of benzene rings is 1. The zero-order valence-electron chi connectivity index (χ0n) is 17.2. The highest BCUT2D eigenvalue weighted by atomic mass is 127. The van der Waals surface area contributed by atoms with Gasteiger partial charge in [0.05, 0.1) is 12.7 Å². The van der Waals surface area contributed by atoms with E-state index in [9.17, 15) is 4.79 Å². The Labute approximate surface area is 190 Å². The molecule has 0 saturated carbocycles. The first-order valence-electron chi connectivity index (χ1n) is 10.2. The third-order valence-corrected chi connectivity index (χ3v) is 5.13. The molecule has 0 bridgehead atoms. The van der Waals surface area contributed by atoms with Gasteiger partial charge in [-0.05, 0) is 30.4 Å². The first kappa shape index (κ1) is 23.9. The number of nitrogens with one attached hydrogen (secondary N) is 2. The maximum atomic E-state index is 12.4. The van der Waals surface area contributed by atoms with E-state index in [1.165, 1.54) is 11.1 Å². The Bertz CT molecular complexity index is 640. The predicted molar refractivity (Wildman–Crippen MR) is 125 cm³/mol. The van der Waals surface area contributed by atoms with Crippen LogP contribution in [-0.2, 0) is 27.4 Å². The average molecular weight is 516 g/mol. The third-order valence-electron chi connectivity index (χ3n) is 5.13. The molecule has 1 amide bonds. The average Bonchev–Trinajstić information content (AvgIpc) is 3.38. The van der Waals surface area contributed by atoms with Crippen molar-refractivity contribution in [3.8, 4) is 0 Å². The molecule has 8 heteroatoms. The first-order valence-corrected chi connectivity index (χ1v) is 10.2. The van der Waals surface area contributed by atoms with Gasteiger partial charge in [-0.25, -0.2) is 0 Å². The van der Waals surface area contributed by atoms with E-state index in [4.69, 9.17) is 9.47 Å². The van der Waals surface area contributed by atoms with E-state index in [0.717, 1.165) is 71.2 Å². The SMILES string of the molecule is CN=C(NCCCOC1CCOC1)NCCCC(=O)N1Cc2ccccc2C1.I. The van der Waals surface area contributed by atoms with Gasteiger partial charge in [0, 0.05) is 52.9 Å². The minimum atomic E-state index is 0. The van der Waals surface area contributed by atoms with Crippen LogP contribution in [-0.4, -0.2) is 62.8 Å². The van der Waals surface area contributed by atoms with Crippen LogP contribution in [0.4, 0.5) is 0 Å². The van der Waals surface area contributed by atoms with Crippen molar-refractivity contribution in [2.24, 2.45) is 4.99 Å². The highest BCUT2D eigenvalue weighted by molar-refractivity contribution is 14.0. The van der Waals surface area contributed by atoms with Gasteiger partial charge in [-0.3, -0.25) is 9.79 Å². The van der Waals surface area contributed by atoms with E-state index in [-0.39, 0.29) is 36.0 Å². The lowest BCUT2D eigenvalue weighted by molar-refractivity contribution is -0.131. The molecular weight excluding hydrogens is 483 g/mol. The number of rotatable bonds is 9. The number of nitrogens with zero attached hydrogens (tertiary/aromatic N) is 2. The second-order valence-corrected chi connectivity index (χ2v) is 7.26. The molecule has 2 N–H and O–H groups in total. The van der Waals surface area contributed by atoms with Crippen molar-refractivity contribution in [3.63, 3.8) is 0 Å². The maximum Gasteiger partial charge on any atom is 0.223 e. The summed E-state index contributed by atoms with van der Waals surface area (Å²) >= 11 is 0. The highest BCUT2D eigenvalue weighted by Crippen LogP contribution is 2.22. The molecule has 2 heterocycles. The van der Waals surface area contributed by atoms with Crippen molar-refractivity contribution in [2.75, 3.05) is 40.0 Å². The van der Waals surface area contributed by atoms with Gasteiger partial charge in [-0.1, -0.05) is 24.3 Å². The van der Waals surface area contributed by atoms with Crippen molar-refractivity contribution in [1.29, 1.82) is 0 Å². The zero-order chi connectivity index (χ0) is 19.6. The Morgan fingerprint density at radius 2 is 1.90 bits per heavy atom. The van der Waals surface area contributed by atoms with Crippen LogP contribution in [0.1, 0.15) is 36.8 Å². The molecule has 1 aromatic carbocycles. The smallest absolute Gasteiger partial charge is 0.223 e. The van der Waals surface area contributed by atoms with Gasteiger partial charge in [0.15, 0.2) is 5.96 Å². The number of hydrogen-bond acceptors (Lipinski definition) is 4. The number of ether oxygens (including phenoxy) is 2. The molecule has 2 aliphatic heterocycles. The summed E-state index contributed by atoms with van der Waals surface area (Å²) in [5.74, 6) is 0.985. The fraction of sp³-hybridized carbons (Fsp3) is 0.619. The second kappa shape index (κ2) is 13.0. The Morgan fingerprint density at radius 3 is 2.52 bits per heavy atom. The third kappa shape index (κ3) is 7.75. The lowest BCUT2D eigenvalue weighted by atomic mass is 10.1. The summed E-state index contributed by atoms with van der Waals surface area (Å²) in [4.78, 5) is 18.6. The van der Waals surface area contributed by atoms with Crippen LogP contribution in [0.5, 0.6) is 0 Å². The quantitative estimate of drug-likeness (QED) is 0.228. The van der Waals surface area contributed by atoms with Crippen molar-refractivity contribution < 1.29 is 14.3 Å². The number of hydrogen-bond donors (Lipinski definition) is 2. The lowest BCUT2D eigenvalue weighted by Gasteiger charge is -2.16. The summed E-state index contributed by atoms with van der Waals surface area (Å²) in [6.45, 7) is 5.26. The van der Waals surface area contributed by atoms with Gasteiger partial charge in [0.25, 0.3) is 0 Å². The fourth-order valence-electron chi connectivity index (χ4n) is 3.51.